The zero-order chi connectivity index (χ0) is 21.3. The summed E-state index contributed by atoms with van der Waals surface area (Å²) in [4.78, 5) is 24.0. The quantitative estimate of drug-likeness (QED) is 0.408. The molecular weight excluding hydrogens is 376 g/mol. The number of ether oxygens (including phenoxy) is 1. The summed E-state index contributed by atoms with van der Waals surface area (Å²) < 4.78 is 5.74. The number of carboxylic acid groups (broad SMARTS) is 1. The number of carbonyl (C=O) groups excluding carboxylic acids is 1. The number of ketones is 1. The minimum atomic E-state index is -0.940. The van der Waals surface area contributed by atoms with Crippen molar-refractivity contribution < 1.29 is 19.4 Å². The first kappa shape index (κ1) is 21.8. The minimum Gasteiger partial charge on any atom is -0.479 e. The van der Waals surface area contributed by atoms with Gasteiger partial charge in [-0.05, 0) is 60.6 Å². The lowest BCUT2D eigenvalue weighted by molar-refractivity contribution is -0.145. The molecule has 30 heavy (non-hydrogen) atoms. The van der Waals surface area contributed by atoms with Gasteiger partial charge in [-0.2, -0.15) is 0 Å². The predicted molar refractivity (Wildman–Crippen MR) is 119 cm³/mol. The third kappa shape index (κ3) is 6.31. The lowest BCUT2D eigenvalue weighted by atomic mass is 9.77. The smallest absolute Gasteiger partial charge is 0.344 e. The highest BCUT2D eigenvalue weighted by Gasteiger charge is 2.25. The predicted octanol–water partition coefficient (Wildman–Crippen LogP) is 6.02. The van der Waals surface area contributed by atoms with Crippen LogP contribution in [0.5, 0.6) is 5.75 Å². The Labute approximate surface area is 178 Å². The molecular formula is C26H30O4. The number of benzene rings is 2. The fraction of sp³-hybridized carbons (Fsp3) is 0.385. The molecule has 0 amide bonds. The van der Waals surface area contributed by atoms with Crippen LogP contribution in [0.2, 0.25) is 0 Å². The van der Waals surface area contributed by atoms with E-state index in [0.29, 0.717) is 29.6 Å². The number of hydrogen-bond donors (Lipinski definition) is 1. The molecule has 1 aliphatic carbocycles. The molecule has 4 nitrogen and oxygen atoms in total. The molecule has 1 fully saturated rings. The van der Waals surface area contributed by atoms with Crippen LogP contribution in [-0.4, -0.2) is 23.0 Å². The van der Waals surface area contributed by atoms with Gasteiger partial charge in [0, 0.05) is 5.56 Å². The van der Waals surface area contributed by atoms with E-state index in [1.54, 1.807) is 30.3 Å². The SMILES string of the molecule is CC1CCCCC1CCC(Oc1ccc(C(=O)/C=C/c2ccccc2)cc1)C(=O)O. The monoisotopic (exact) mass is 406 g/mol. The van der Waals surface area contributed by atoms with Gasteiger partial charge in [-0.1, -0.05) is 69.0 Å². The van der Waals surface area contributed by atoms with Gasteiger partial charge in [0.1, 0.15) is 5.75 Å². The van der Waals surface area contributed by atoms with E-state index in [9.17, 15) is 14.7 Å². The number of hydrogen-bond acceptors (Lipinski definition) is 3. The average Bonchev–Trinajstić information content (AvgIpc) is 2.77. The first-order valence-corrected chi connectivity index (χ1v) is 10.8. The van der Waals surface area contributed by atoms with Gasteiger partial charge in [-0.25, -0.2) is 4.79 Å². The highest BCUT2D eigenvalue weighted by molar-refractivity contribution is 6.06. The topological polar surface area (TPSA) is 63.6 Å². The normalized spacial score (nSPS) is 20.0. The van der Waals surface area contributed by atoms with Crippen LogP contribution in [0.25, 0.3) is 6.08 Å². The Morgan fingerprint density at radius 3 is 2.43 bits per heavy atom. The van der Waals surface area contributed by atoms with E-state index in [1.807, 2.05) is 30.3 Å². The molecule has 3 unspecified atom stereocenters. The largest absolute Gasteiger partial charge is 0.479 e. The van der Waals surface area contributed by atoms with E-state index in [2.05, 4.69) is 6.92 Å². The average molecular weight is 407 g/mol. The third-order valence-corrected chi connectivity index (χ3v) is 6.01. The summed E-state index contributed by atoms with van der Waals surface area (Å²) in [5.41, 5.74) is 1.50. The fourth-order valence-electron chi connectivity index (χ4n) is 4.11. The van der Waals surface area contributed by atoms with E-state index in [0.717, 1.165) is 12.0 Å². The maximum atomic E-state index is 12.3. The van der Waals surface area contributed by atoms with Gasteiger partial charge in [0.15, 0.2) is 11.9 Å². The molecule has 0 heterocycles. The van der Waals surface area contributed by atoms with Gasteiger partial charge in [0.2, 0.25) is 0 Å². The highest BCUT2D eigenvalue weighted by Crippen LogP contribution is 2.33. The summed E-state index contributed by atoms with van der Waals surface area (Å²) in [5.74, 6) is 0.668. The number of aliphatic carboxylic acids is 1. The van der Waals surface area contributed by atoms with E-state index >= 15 is 0 Å². The van der Waals surface area contributed by atoms with E-state index in [4.69, 9.17) is 4.74 Å². The molecule has 4 heteroatoms. The highest BCUT2D eigenvalue weighted by atomic mass is 16.5. The molecule has 1 saturated carbocycles. The van der Waals surface area contributed by atoms with Crippen molar-refractivity contribution in [3.63, 3.8) is 0 Å². The summed E-state index contributed by atoms with van der Waals surface area (Å²) in [6.45, 7) is 2.27. The van der Waals surface area contributed by atoms with Crippen LogP contribution >= 0.6 is 0 Å². The van der Waals surface area contributed by atoms with Gasteiger partial charge >= 0.3 is 5.97 Å². The lowest BCUT2D eigenvalue weighted by Gasteiger charge is -2.29. The van der Waals surface area contributed by atoms with Crippen molar-refractivity contribution in [2.45, 2.75) is 51.6 Å². The van der Waals surface area contributed by atoms with Crippen LogP contribution in [0, 0.1) is 11.8 Å². The van der Waals surface area contributed by atoms with E-state index < -0.39 is 12.1 Å². The summed E-state index contributed by atoms with van der Waals surface area (Å²) in [6, 6.07) is 16.3. The summed E-state index contributed by atoms with van der Waals surface area (Å²) in [5, 5.41) is 9.56. The zero-order valence-corrected chi connectivity index (χ0v) is 17.5. The van der Waals surface area contributed by atoms with E-state index in [1.165, 1.54) is 31.8 Å². The van der Waals surface area contributed by atoms with Crippen molar-refractivity contribution in [3.8, 4) is 5.75 Å². The summed E-state index contributed by atoms with van der Waals surface area (Å²) >= 11 is 0. The maximum absolute atomic E-state index is 12.3. The molecule has 158 valence electrons. The van der Waals surface area contributed by atoms with Crippen molar-refractivity contribution in [1.82, 2.24) is 0 Å². The molecule has 0 saturated heterocycles. The Balaban J connectivity index is 1.56. The van der Waals surface area contributed by atoms with Gasteiger partial charge in [0.25, 0.3) is 0 Å². The van der Waals surface area contributed by atoms with Gasteiger partial charge in [-0.15, -0.1) is 0 Å². The molecule has 0 aromatic heterocycles. The maximum Gasteiger partial charge on any atom is 0.344 e. The molecule has 0 aliphatic heterocycles. The fourth-order valence-corrected chi connectivity index (χ4v) is 4.11. The Kier molecular flexibility index (Phi) is 7.83. The Bertz CT molecular complexity index is 854. The first-order valence-electron chi connectivity index (χ1n) is 10.8. The molecule has 0 bridgehead atoms. The van der Waals surface area contributed by atoms with Crippen LogP contribution in [-0.2, 0) is 4.79 Å². The minimum absolute atomic E-state index is 0.105. The zero-order valence-electron chi connectivity index (χ0n) is 17.5. The number of allylic oxidation sites excluding steroid dienone is 1. The molecule has 2 aromatic rings. The van der Waals surface area contributed by atoms with Crippen LogP contribution < -0.4 is 4.74 Å². The van der Waals surface area contributed by atoms with Gasteiger partial charge in [0.05, 0.1) is 0 Å². The van der Waals surface area contributed by atoms with Crippen molar-refractivity contribution in [2.75, 3.05) is 0 Å². The first-order chi connectivity index (χ1) is 14.5. The van der Waals surface area contributed by atoms with Gasteiger partial charge < -0.3 is 9.84 Å². The Morgan fingerprint density at radius 2 is 1.77 bits per heavy atom. The molecule has 1 aliphatic rings. The van der Waals surface area contributed by atoms with Crippen molar-refractivity contribution in [2.24, 2.45) is 11.8 Å². The van der Waals surface area contributed by atoms with Crippen molar-refractivity contribution in [3.05, 3.63) is 71.8 Å². The number of carbonyl (C=O) groups is 2. The van der Waals surface area contributed by atoms with Crippen LogP contribution in [0.4, 0.5) is 0 Å². The second-order valence-electron chi connectivity index (χ2n) is 8.18. The molecule has 2 aromatic carbocycles. The van der Waals surface area contributed by atoms with Crippen molar-refractivity contribution >= 4 is 17.8 Å². The molecule has 0 spiro atoms. The standard InChI is InChI=1S/C26H30O4/c1-19-7-5-6-10-21(19)14-18-25(26(28)29)30-23-15-12-22(13-16-23)24(27)17-11-20-8-3-2-4-9-20/h2-4,8-9,11-13,15-17,19,21,25H,5-7,10,14,18H2,1H3,(H,28,29)/b17-11+. The van der Waals surface area contributed by atoms with Crippen molar-refractivity contribution in [1.29, 1.82) is 0 Å². The third-order valence-electron chi connectivity index (χ3n) is 6.01. The number of carboxylic acids is 1. The summed E-state index contributed by atoms with van der Waals surface area (Å²) in [7, 11) is 0. The Hall–Kier alpha value is -2.88. The molecule has 3 atom stereocenters. The Morgan fingerprint density at radius 1 is 1.07 bits per heavy atom. The van der Waals surface area contributed by atoms with E-state index in [-0.39, 0.29) is 5.78 Å². The summed E-state index contributed by atoms with van der Waals surface area (Å²) in [6.07, 6.45) is 8.76. The van der Waals surface area contributed by atoms with Crippen LogP contribution in [0.15, 0.2) is 60.7 Å². The molecule has 1 N–H and O–H groups in total. The molecule has 3 rings (SSSR count). The van der Waals surface area contributed by atoms with Gasteiger partial charge in [-0.3, -0.25) is 4.79 Å². The second-order valence-corrected chi connectivity index (χ2v) is 8.18. The van der Waals surface area contributed by atoms with Crippen LogP contribution in [0.3, 0.4) is 0 Å². The van der Waals surface area contributed by atoms with Crippen LogP contribution in [0.1, 0.15) is 61.4 Å². The second kappa shape index (κ2) is 10.8. The lowest BCUT2D eigenvalue weighted by Crippen LogP contribution is -2.29. The number of rotatable bonds is 9. The molecule has 0 radical (unpaired) electrons.